The van der Waals surface area contributed by atoms with Crippen LogP contribution in [0.1, 0.15) is 6.42 Å². The van der Waals surface area contributed by atoms with Crippen LogP contribution in [0.25, 0.3) is 0 Å². The molecule has 0 aliphatic rings. The first-order valence-corrected chi connectivity index (χ1v) is 7.73. The summed E-state index contributed by atoms with van der Waals surface area (Å²) in [5.74, 6) is -36.8. The molecule has 0 aromatic carbocycles. The van der Waals surface area contributed by atoms with Gasteiger partial charge in [-0.15, -0.1) is 0 Å². The number of halogens is 14. The predicted molar refractivity (Wildman–Crippen MR) is 71.1 cm³/mol. The van der Waals surface area contributed by atoms with Gasteiger partial charge in [-0.25, -0.2) is 0 Å². The first kappa shape index (κ1) is 26.7. The molecule has 1 N–H and O–H groups in total. The molecular weight excluding hydrogens is 538 g/mol. The highest BCUT2D eigenvalue weighted by Gasteiger charge is 2.90. The minimum Gasteiger partial charge on any atom is -0.395 e. The molecule has 0 aromatic rings. The molecule has 164 valence electrons. The Morgan fingerprint density at radius 3 is 1.48 bits per heavy atom. The fourth-order valence-corrected chi connectivity index (χ4v) is 1.68. The van der Waals surface area contributed by atoms with Crippen LogP contribution in [0.15, 0.2) is 0 Å². The van der Waals surface area contributed by atoms with Crippen LogP contribution in [-0.4, -0.2) is 64.6 Å². The summed E-state index contributed by atoms with van der Waals surface area (Å²) in [6, 6.07) is 0. The standard InChI is InChI=1S/C11H10F13IO2/c12-6(13,1-2-27-4-5(25)3-26)7(14,15)8(16,17)9(18,19)10(20,21)11(22,23)24/h5,26H,1-4H2. The van der Waals surface area contributed by atoms with Crippen molar-refractivity contribution in [2.75, 3.05) is 19.8 Å². The van der Waals surface area contributed by atoms with Gasteiger partial charge in [0.1, 0.15) is 0 Å². The van der Waals surface area contributed by atoms with E-state index in [4.69, 9.17) is 5.11 Å². The third-order valence-electron chi connectivity index (χ3n) is 3.06. The Morgan fingerprint density at radius 2 is 1.11 bits per heavy atom. The molecule has 2 nitrogen and oxygen atoms in total. The van der Waals surface area contributed by atoms with E-state index in [0.29, 0.717) is 0 Å². The molecule has 0 radical (unpaired) electrons. The van der Waals surface area contributed by atoms with Crippen LogP contribution < -0.4 is 0 Å². The van der Waals surface area contributed by atoms with E-state index in [0.717, 1.165) is 0 Å². The van der Waals surface area contributed by atoms with Crippen LogP contribution in [0.2, 0.25) is 0 Å². The maximum atomic E-state index is 13.3. The van der Waals surface area contributed by atoms with Crippen molar-refractivity contribution in [2.45, 2.75) is 46.1 Å². The molecule has 0 aromatic heterocycles. The first-order valence-electron chi connectivity index (χ1n) is 6.49. The number of hydrogen-bond acceptors (Lipinski definition) is 2. The highest BCUT2D eigenvalue weighted by atomic mass is 127. The molecule has 0 fully saturated rings. The summed E-state index contributed by atoms with van der Waals surface area (Å²) in [6.45, 7) is -2.60. The number of alkyl halides is 14. The van der Waals surface area contributed by atoms with Gasteiger partial charge < -0.3 is 9.84 Å². The SMILES string of the molecule is OCC(I)COCCC(F)(F)C(F)(F)C(F)(F)C(F)(F)C(F)(F)C(F)(F)F. The van der Waals surface area contributed by atoms with Crippen LogP contribution in [0.3, 0.4) is 0 Å². The predicted octanol–water partition coefficient (Wildman–Crippen LogP) is 4.93. The fraction of sp³-hybridized carbons (Fsp3) is 1.00. The van der Waals surface area contributed by atoms with Crippen molar-refractivity contribution in [2.24, 2.45) is 0 Å². The Kier molecular flexibility index (Phi) is 8.16. The normalized spacial score (nSPS) is 16.6. The molecule has 0 heterocycles. The topological polar surface area (TPSA) is 29.5 Å². The molecule has 0 bridgehead atoms. The average Bonchev–Trinajstić information content (AvgIpc) is 2.49. The molecule has 0 saturated heterocycles. The number of aliphatic hydroxyl groups is 1. The summed E-state index contributed by atoms with van der Waals surface area (Å²) < 4.78 is 170. The Bertz CT molecular complexity index is 491. The van der Waals surface area contributed by atoms with Crippen molar-refractivity contribution < 1.29 is 66.9 Å². The first-order chi connectivity index (χ1) is 11.7. The zero-order valence-electron chi connectivity index (χ0n) is 12.6. The summed E-state index contributed by atoms with van der Waals surface area (Å²) >= 11 is 1.50. The van der Waals surface area contributed by atoms with Gasteiger partial charge in [0, 0.05) is 6.42 Å². The Morgan fingerprint density at radius 1 is 0.704 bits per heavy atom. The molecular formula is C11H10F13IO2. The Balaban J connectivity index is 5.62. The van der Waals surface area contributed by atoms with Crippen LogP contribution in [0.5, 0.6) is 0 Å². The number of hydrogen-bond donors (Lipinski definition) is 1. The van der Waals surface area contributed by atoms with Gasteiger partial charge in [-0.1, -0.05) is 22.6 Å². The van der Waals surface area contributed by atoms with Gasteiger partial charge in [0.15, 0.2) is 0 Å². The molecule has 27 heavy (non-hydrogen) atoms. The fourth-order valence-electron chi connectivity index (χ4n) is 1.42. The summed E-state index contributed by atoms with van der Waals surface area (Å²) in [4.78, 5) is 0. The Labute approximate surface area is 156 Å². The highest BCUT2D eigenvalue weighted by molar-refractivity contribution is 14.1. The van der Waals surface area contributed by atoms with E-state index in [1.54, 1.807) is 0 Å². The largest absolute Gasteiger partial charge is 0.460 e. The van der Waals surface area contributed by atoms with Gasteiger partial charge in [0.25, 0.3) is 0 Å². The lowest BCUT2D eigenvalue weighted by Crippen LogP contribution is -2.70. The summed E-state index contributed by atoms with van der Waals surface area (Å²) in [7, 11) is 0. The van der Waals surface area contributed by atoms with E-state index in [2.05, 4.69) is 4.74 Å². The zero-order chi connectivity index (χ0) is 22.1. The van der Waals surface area contributed by atoms with E-state index < -0.39 is 66.0 Å². The summed E-state index contributed by atoms with van der Waals surface area (Å²) in [5.41, 5.74) is 0. The van der Waals surface area contributed by atoms with E-state index in [1.807, 2.05) is 0 Å². The van der Waals surface area contributed by atoms with Crippen molar-refractivity contribution in [1.82, 2.24) is 0 Å². The molecule has 0 aliphatic heterocycles. The molecule has 0 spiro atoms. The van der Waals surface area contributed by atoms with E-state index in [9.17, 15) is 57.1 Å². The third-order valence-corrected chi connectivity index (χ3v) is 3.81. The summed E-state index contributed by atoms with van der Waals surface area (Å²) in [6.07, 6.45) is -9.83. The molecule has 16 heteroatoms. The molecule has 0 amide bonds. The van der Waals surface area contributed by atoms with Gasteiger partial charge in [-0.05, 0) is 0 Å². The number of rotatable bonds is 10. The second-order valence-corrected chi connectivity index (χ2v) is 6.87. The zero-order valence-corrected chi connectivity index (χ0v) is 14.7. The highest BCUT2D eigenvalue weighted by Crippen LogP contribution is 2.60. The van der Waals surface area contributed by atoms with Crippen LogP contribution in [0, 0.1) is 0 Å². The van der Waals surface area contributed by atoms with E-state index in [-0.39, 0.29) is 0 Å². The second-order valence-electron chi connectivity index (χ2n) is 5.10. The molecule has 0 rings (SSSR count). The Hall–Kier alpha value is -0.260. The van der Waals surface area contributed by atoms with E-state index in [1.165, 1.54) is 22.6 Å². The van der Waals surface area contributed by atoms with Gasteiger partial charge in [-0.2, -0.15) is 57.1 Å². The van der Waals surface area contributed by atoms with Crippen molar-refractivity contribution in [3.63, 3.8) is 0 Å². The van der Waals surface area contributed by atoms with Crippen LogP contribution >= 0.6 is 22.6 Å². The van der Waals surface area contributed by atoms with Crippen molar-refractivity contribution in [3.8, 4) is 0 Å². The average molecular weight is 548 g/mol. The maximum absolute atomic E-state index is 13.3. The van der Waals surface area contributed by atoms with E-state index >= 15 is 0 Å². The van der Waals surface area contributed by atoms with Crippen molar-refractivity contribution in [1.29, 1.82) is 0 Å². The molecule has 1 unspecified atom stereocenters. The van der Waals surface area contributed by atoms with Crippen LogP contribution in [0.4, 0.5) is 57.1 Å². The van der Waals surface area contributed by atoms with Gasteiger partial charge in [0.2, 0.25) is 0 Å². The number of aliphatic hydroxyl groups excluding tert-OH is 1. The molecule has 1 atom stereocenters. The lowest BCUT2D eigenvalue weighted by molar-refractivity contribution is -0.440. The van der Waals surface area contributed by atoms with Crippen molar-refractivity contribution >= 4 is 22.6 Å². The second kappa shape index (κ2) is 8.23. The van der Waals surface area contributed by atoms with Gasteiger partial charge >= 0.3 is 35.8 Å². The molecule has 0 aliphatic carbocycles. The monoisotopic (exact) mass is 548 g/mol. The smallest absolute Gasteiger partial charge is 0.395 e. The minimum atomic E-state index is -7.89. The maximum Gasteiger partial charge on any atom is 0.460 e. The van der Waals surface area contributed by atoms with Crippen LogP contribution in [-0.2, 0) is 4.74 Å². The quantitative estimate of drug-likeness (QED) is 0.182. The van der Waals surface area contributed by atoms with Crippen molar-refractivity contribution in [3.05, 3.63) is 0 Å². The minimum absolute atomic E-state index is 0.558. The lowest BCUT2D eigenvalue weighted by atomic mass is 9.93. The lowest BCUT2D eigenvalue weighted by Gasteiger charge is -2.39. The summed E-state index contributed by atoms with van der Waals surface area (Å²) in [5, 5.41) is 8.56. The number of ether oxygens (including phenoxy) is 1. The molecule has 0 saturated carbocycles. The van der Waals surface area contributed by atoms with Gasteiger partial charge in [0.05, 0.1) is 23.7 Å². The third kappa shape index (κ3) is 4.84. The van der Waals surface area contributed by atoms with Gasteiger partial charge in [-0.3, -0.25) is 0 Å².